The second-order valence-electron chi connectivity index (χ2n) is 5.67. The molecular formula is C15H25NO2. The van der Waals surface area contributed by atoms with Gasteiger partial charge >= 0.3 is 0 Å². The van der Waals surface area contributed by atoms with Crippen molar-refractivity contribution >= 4 is 5.69 Å². The number of anilines is 1. The second-order valence-corrected chi connectivity index (χ2v) is 5.67. The maximum Gasteiger partial charge on any atom is 0.118 e. The highest BCUT2D eigenvalue weighted by atomic mass is 16.5. The van der Waals surface area contributed by atoms with Crippen molar-refractivity contribution in [1.82, 2.24) is 0 Å². The normalized spacial score (nSPS) is 13.4. The molecule has 3 heteroatoms. The fourth-order valence-corrected chi connectivity index (χ4v) is 2.09. The number of aryl methyl sites for hydroxylation is 2. The van der Waals surface area contributed by atoms with Crippen LogP contribution in [-0.2, 0) is 4.74 Å². The zero-order chi connectivity index (χ0) is 13.9. The fourth-order valence-electron chi connectivity index (χ4n) is 2.09. The first kappa shape index (κ1) is 14.8. The van der Waals surface area contributed by atoms with Gasteiger partial charge in [0.25, 0.3) is 0 Å². The van der Waals surface area contributed by atoms with Crippen molar-refractivity contribution in [2.75, 3.05) is 12.4 Å². The molecule has 0 amide bonds. The lowest BCUT2D eigenvalue weighted by atomic mass is 9.99. The van der Waals surface area contributed by atoms with Gasteiger partial charge in [-0.1, -0.05) is 0 Å². The van der Waals surface area contributed by atoms with Crippen molar-refractivity contribution in [3.63, 3.8) is 0 Å². The van der Waals surface area contributed by atoms with Crippen LogP contribution in [0.3, 0.4) is 0 Å². The third-order valence-corrected chi connectivity index (χ3v) is 3.30. The average Bonchev–Trinajstić information content (AvgIpc) is 2.25. The minimum absolute atomic E-state index is 0.133. The van der Waals surface area contributed by atoms with E-state index >= 15 is 0 Å². The molecule has 1 unspecified atom stereocenters. The van der Waals surface area contributed by atoms with Crippen molar-refractivity contribution in [2.24, 2.45) is 0 Å². The van der Waals surface area contributed by atoms with Gasteiger partial charge in [0.1, 0.15) is 5.75 Å². The SMILES string of the molecule is COC(C)(C)CC(C)Nc1cc(C)c(O)cc1C. The largest absolute Gasteiger partial charge is 0.508 e. The molecule has 0 saturated heterocycles. The summed E-state index contributed by atoms with van der Waals surface area (Å²) in [5, 5.41) is 13.1. The van der Waals surface area contributed by atoms with Gasteiger partial charge in [0.15, 0.2) is 0 Å². The Kier molecular flexibility index (Phi) is 4.63. The maximum atomic E-state index is 9.64. The second kappa shape index (κ2) is 5.61. The van der Waals surface area contributed by atoms with E-state index in [1.54, 1.807) is 13.2 Å². The Labute approximate surface area is 110 Å². The van der Waals surface area contributed by atoms with E-state index < -0.39 is 0 Å². The van der Waals surface area contributed by atoms with E-state index in [0.717, 1.165) is 23.2 Å². The number of nitrogens with one attached hydrogen (secondary N) is 1. The van der Waals surface area contributed by atoms with E-state index in [9.17, 15) is 5.11 Å². The molecule has 0 aliphatic heterocycles. The first-order chi connectivity index (χ1) is 8.25. The molecule has 1 aromatic carbocycles. The van der Waals surface area contributed by atoms with Crippen LogP contribution < -0.4 is 5.32 Å². The number of rotatable bonds is 5. The summed E-state index contributed by atoms with van der Waals surface area (Å²) in [5.41, 5.74) is 2.89. The summed E-state index contributed by atoms with van der Waals surface area (Å²) in [6, 6.07) is 4.09. The minimum Gasteiger partial charge on any atom is -0.508 e. The van der Waals surface area contributed by atoms with Crippen LogP contribution in [0.1, 0.15) is 38.3 Å². The van der Waals surface area contributed by atoms with Gasteiger partial charge in [-0.2, -0.15) is 0 Å². The third kappa shape index (κ3) is 3.91. The quantitative estimate of drug-likeness (QED) is 0.785. The van der Waals surface area contributed by atoms with Gasteiger partial charge in [-0.3, -0.25) is 0 Å². The van der Waals surface area contributed by atoms with Gasteiger partial charge in [-0.05, 0) is 64.3 Å². The summed E-state index contributed by atoms with van der Waals surface area (Å²) in [4.78, 5) is 0. The number of benzene rings is 1. The van der Waals surface area contributed by atoms with Gasteiger partial charge in [0.05, 0.1) is 5.60 Å². The molecule has 0 fully saturated rings. The average molecular weight is 251 g/mol. The lowest BCUT2D eigenvalue weighted by Crippen LogP contribution is -2.31. The molecular weight excluding hydrogens is 226 g/mol. The van der Waals surface area contributed by atoms with Gasteiger partial charge < -0.3 is 15.2 Å². The lowest BCUT2D eigenvalue weighted by Gasteiger charge is -2.28. The van der Waals surface area contributed by atoms with E-state index in [-0.39, 0.29) is 5.60 Å². The smallest absolute Gasteiger partial charge is 0.118 e. The topological polar surface area (TPSA) is 41.5 Å². The predicted octanol–water partition coefficient (Wildman–Crippen LogP) is 3.62. The lowest BCUT2D eigenvalue weighted by molar-refractivity contribution is 0.0128. The van der Waals surface area contributed by atoms with Crippen LogP contribution in [0.15, 0.2) is 12.1 Å². The van der Waals surface area contributed by atoms with E-state index in [2.05, 4.69) is 26.1 Å². The van der Waals surface area contributed by atoms with Crippen LogP contribution >= 0.6 is 0 Å². The van der Waals surface area contributed by atoms with E-state index in [1.807, 2.05) is 19.9 Å². The summed E-state index contributed by atoms with van der Waals surface area (Å²) in [7, 11) is 1.74. The van der Waals surface area contributed by atoms with Crippen LogP contribution in [0.2, 0.25) is 0 Å². The van der Waals surface area contributed by atoms with Crippen LogP contribution in [0.4, 0.5) is 5.69 Å². The molecule has 18 heavy (non-hydrogen) atoms. The van der Waals surface area contributed by atoms with Crippen LogP contribution in [0.25, 0.3) is 0 Å². The molecule has 0 bridgehead atoms. The number of phenolic OH excluding ortho intramolecular Hbond substituents is 1. The molecule has 0 aliphatic carbocycles. The van der Waals surface area contributed by atoms with E-state index in [0.29, 0.717) is 11.8 Å². The van der Waals surface area contributed by atoms with Gasteiger partial charge in [0, 0.05) is 18.8 Å². The standard InChI is InChI=1S/C15H25NO2/c1-10-8-14(17)11(2)7-13(10)16-12(3)9-15(4,5)18-6/h7-8,12,16-17H,9H2,1-6H3. The van der Waals surface area contributed by atoms with Crippen molar-refractivity contribution < 1.29 is 9.84 Å². The highest BCUT2D eigenvalue weighted by Crippen LogP contribution is 2.26. The number of phenols is 1. The summed E-state index contributed by atoms with van der Waals surface area (Å²) >= 11 is 0. The molecule has 0 heterocycles. The molecule has 1 rings (SSSR count). The Hall–Kier alpha value is -1.22. The molecule has 0 radical (unpaired) electrons. The van der Waals surface area contributed by atoms with Crippen molar-refractivity contribution in [2.45, 2.75) is 52.7 Å². The summed E-state index contributed by atoms with van der Waals surface area (Å²) in [6.45, 7) is 10.2. The summed E-state index contributed by atoms with van der Waals surface area (Å²) in [6.07, 6.45) is 0.920. The van der Waals surface area contributed by atoms with Crippen LogP contribution in [-0.4, -0.2) is 23.9 Å². The van der Waals surface area contributed by atoms with Crippen LogP contribution in [0.5, 0.6) is 5.75 Å². The molecule has 1 atom stereocenters. The zero-order valence-electron chi connectivity index (χ0n) is 12.3. The summed E-state index contributed by atoms with van der Waals surface area (Å²) in [5.74, 6) is 0.350. The predicted molar refractivity (Wildman–Crippen MR) is 76.4 cm³/mol. The van der Waals surface area contributed by atoms with E-state index in [1.165, 1.54) is 0 Å². The number of ether oxygens (including phenoxy) is 1. The number of methoxy groups -OCH3 is 1. The minimum atomic E-state index is -0.133. The number of hydrogen-bond acceptors (Lipinski definition) is 3. The molecule has 1 aromatic rings. The monoisotopic (exact) mass is 251 g/mol. The van der Waals surface area contributed by atoms with Crippen LogP contribution in [0, 0.1) is 13.8 Å². The Morgan fingerprint density at radius 1 is 1.28 bits per heavy atom. The molecule has 0 spiro atoms. The molecule has 0 aliphatic rings. The highest BCUT2D eigenvalue weighted by molar-refractivity contribution is 5.57. The summed E-state index contributed by atoms with van der Waals surface area (Å²) < 4.78 is 5.44. The molecule has 0 aromatic heterocycles. The van der Waals surface area contributed by atoms with Gasteiger partial charge in [0.2, 0.25) is 0 Å². The van der Waals surface area contributed by atoms with E-state index in [4.69, 9.17) is 4.74 Å². The Bertz CT molecular complexity index is 413. The number of aromatic hydroxyl groups is 1. The van der Waals surface area contributed by atoms with Crippen molar-refractivity contribution in [3.05, 3.63) is 23.3 Å². The Morgan fingerprint density at radius 3 is 2.44 bits per heavy atom. The van der Waals surface area contributed by atoms with Crippen molar-refractivity contribution in [1.29, 1.82) is 0 Å². The first-order valence-electron chi connectivity index (χ1n) is 6.37. The molecule has 0 saturated carbocycles. The molecule has 3 nitrogen and oxygen atoms in total. The zero-order valence-corrected chi connectivity index (χ0v) is 12.3. The Balaban J connectivity index is 2.76. The number of hydrogen-bond donors (Lipinski definition) is 2. The third-order valence-electron chi connectivity index (χ3n) is 3.30. The fraction of sp³-hybridized carbons (Fsp3) is 0.600. The first-order valence-corrected chi connectivity index (χ1v) is 6.37. The van der Waals surface area contributed by atoms with Gasteiger partial charge in [-0.15, -0.1) is 0 Å². The van der Waals surface area contributed by atoms with Crippen molar-refractivity contribution in [3.8, 4) is 5.75 Å². The highest BCUT2D eigenvalue weighted by Gasteiger charge is 2.20. The maximum absolute atomic E-state index is 9.64. The molecule has 102 valence electrons. The Morgan fingerprint density at radius 2 is 1.89 bits per heavy atom. The van der Waals surface area contributed by atoms with Gasteiger partial charge in [-0.25, -0.2) is 0 Å². The molecule has 2 N–H and O–H groups in total.